The van der Waals surface area contributed by atoms with Gasteiger partial charge < -0.3 is 18.1 Å². The first kappa shape index (κ1) is 47.1. The van der Waals surface area contributed by atoms with Crippen LogP contribution in [-0.4, -0.2) is 0 Å². The van der Waals surface area contributed by atoms with Gasteiger partial charge in [0.25, 0.3) is 0 Å². The molecule has 0 bridgehead atoms. The van der Waals surface area contributed by atoms with E-state index in [4.69, 9.17) is 18.1 Å². The van der Waals surface area contributed by atoms with Gasteiger partial charge in [-0.25, -0.2) is 0 Å². The fourth-order valence-corrected chi connectivity index (χ4v) is 18.3. The summed E-state index contributed by atoms with van der Waals surface area (Å²) in [5.74, 6) is 6.13. The molecular formula is C66H74O4P2. The molecule has 2 aliphatic heterocycles. The molecule has 0 spiro atoms. The maximum Gasteiger partial charge on any atom is 0.327 e. The molecule has 0 atom stereocenters. The Kier molecular flexibility index (Phi) is 13.0. The fourth-order valence-electron chi connectivity index (χ4n) is 14.6. The molecule has 0 radical (unpaired) electrons. The zero-order valence-electron chi connectivity index (χ0n) is 43.5. The molecule has 0 amide bonds. The van der Waals surface area contributed by atoms with E-state index < -0.39 is 16.8 Å². The van der Waals surface area contributed by atoms with Crippen LogP contribution in [0.2, 0.25) is 0 Å². The molecule has 4 fully saturated rings. The van der Waals surface area contributed by atoms with Gasteiger partial charge in [0.05, 0.1) is 10.6 Å². The number of aryl methyl sites for hydroxylation is 4. The van der Waals surface area contributed by atoms with E-state index in [-0.39, 0.29) is 0 Å². The van der Waals surface area contributed by atoms with Gasteiger partial charge in [-0.05, 0) is 170 Å². The molecule has 6 aromatic carbocycles. The third-order valence-electron chi connectivity index (χ3n) is 18.0. The molecule has 372 valence electrons. The average Bonchev–Trinajstić information content (AvgIpc) is 3.39. The monoisotopic (exact) mass is 993 g/mol. The lowest BCUT2D eigenvalue weighted by Crippen LogP contribution is -2.33. The van der Waals surface area contributed by atoms with Gasteiger partial charge in [-0.2, -0.15) is 0 Å². The van der Waals surface area contributed by atoms with E-state index in [0.29, 0.717) is 23.7 Å². The van der Waals surface area contributed by atoms with Crippen molar-refractivity contribution in [1.82, 2.24) is 0 Å². The van der Waals surface area contributed by atoms with E-state index in [1.165, 1.54) is 217 Å². The van der Waals surface area contributed by atoms with Gasteiger partial charge in [0.15, 0.2) is 0 Å². The highest BCUT2D eigenvalue weighted by atomic mass is 31.2. The van der Waals surface area contributed by atoms with Crippen molar-refractivity contribution in [2.24, 2.45) is 0 Å². The minimum Gasteiger partial charge on any atom is -0.435 e. The lowest BCUT2D eigenvalue weighted by Gasteiger charge is -2.37. The Morgan fingerprint density at radius 3 is 1.04 bits per heavy atom. The van der Waals surface area contributed by atoms with Crippen molar-refractivity contribution in [2.75, 3.05) is 0 Å². The summed E-state index contributed by atoms with van der Waals surface area (Å²) in [7, 11) is -3.53. The van der Waals surface area contributed by atoms with Crippen LogP contribution in [-0.2, 0) is 12.8 Å². The Labute approximate surface area is 432 Å². The van der Waals surface area contributed by atoms with Crippen LogP contribution < -0.4 is 28.7 Å². The summed E-state index contributed by atoms with van der Waals surface area (Å²) in [4.78, 5) is 0. The molecule has 0 aromatic heterocycles. The molecule has 72 heavy (non-hydrogen) atoms. The highest BCUT2D eigenvalue weighted by molar-refractivity contribution is 7.64. The van der Waals surface area contributed by atoms with Crippen molar-refractivity contribution in [3.63, 3.8) is 0 Å². The van der Waals surface area contributed by atoms with Crippen LogP contribution in [0.3, 0.4) is 0 Å². The number of hydrogen-bond acceptors (Lipinski definition) is 4. The SMILES string of the molecule is Cc1cc2c(c(C3CCCCC3)c1)OP(c1ccc3c(c1P1Oc4c(cc(C)cc4C4CCCCC4)Cc4cc(C)cc(C5CCCCC5)c4O1)-c1ccccc1-3)Oc1c(cc(C)cc1C1CCCCC1)C2. The molecule has 5 aliphatic carbocycles. The summed E-state index contributed by atoms with van der Waals surface area (Å²) in [6, 6.07) is 33.4. The number of rotatable bonds is 6. The van der Waals surface area contributed by atoms with Gasteiger partial charge in [-0.3, -0.25) is 0 Å². The summed E-state index contributed by atoms with van der Waals surface area (Å²) in [5, 5.41) is 2.23. The second kappa shape index (κ2) is 19.9. The molecule has 6 aromatic rings. The zero-order chi connectivity index (χ0) is 48.5. The topological polar surface area (TPSA) is 36.9 Å². The third kappa shape index (κ3) is 8.81. The predicted octanol–water partition coefficient (Wildman–Crippen LogP) is 18.8. The Balaban J connectivity index is 1.06. The maximum absolute atomic E-state index is 8.01. The first-order valence-electron chi connectivity index (χ1n) is 28.4. The predicted molar refractivity (Wildman–Crippen MR) is 300 cm³/mol. The summed E-state index contributed by atoms with van der Waals surface area (Å²) < 4.78 is 31.9. The highest BCUT2D eigenvalue weighted by Crippen LogP contribution is 2.59. The molecule has 6 heteroatoms. The minimum atomic E-state index is -1.78. The first-order valence-corrected chi connectivity index (χ1v) is 30.8. The second-order valence-corrected chi connectivity index (χ2v) is 26.0. The average molecular weight is 993 g/mol. The van der Waals surface area contributed by atoms with Crippen molar-refractivity contribution in [3.8, 4) is 45.3 Å². The Morgan fingerprint density at radius 2 is 0.681 bits per heavy atom. The van der Waals surface area contributed by atoms with Gasteiger partial charge in [-0.1, -0.05) is 178 Å². The molecule has 4 saturated carbocycles. The van der Waals surface area contributed by atoms with Crippen molar-refractivity contribution >= 4 is 27.4 Å². The molecule has 2 heterocycles. The second-order valence-electron chi connectivity index (χ2n) is 23.3. The molecule has 4 nitrogen and oxygen atoms in total. The van der Waals surface area contributed by atoms with Crippen molar-refractivity contribution in [3.05, 3.63) is 152 Å². The van der Waals surface area contributed by atoms with E-state index in [0.717, 1.165) is 46.4 Å². The fraction of sp³-hybridized carbons (Fsp3) is 0.455. The smallest absolute Gasteiger partial charge is 0.327 e. The van der Waals surface area contributed by atoms with E-state index in [1.807, 2.05) is 0 Å². The summed E-state index contributed by atoms with van der Waals surface area (Å²) >= 11 is 0. The molecule has 7 aliphatic rings. The van der Waals surface area contributed by atoms with E-state index in [9.17, 15) is 0 Å². The molecule has 13 rings (SSSR count). The van der Waals surface area contributed by atoms with Crippen molar-refractivity contribution < 1.29 is 18.1 Å². The standard InChI is InChI=1S/C66H74O4P2/c1-41-31-49-39-50-32-42(2)36-57(46-21-11-6-12-22-46)63(50)68-71(67-62(49)56(35-41)45-19-9-5-10-20-45)60-30-29-55-53-27-17-18-28-54(53)61(55)66(60)72-69-64-51(33-43(3)37-58(64)47-23-13-7-14-24-47)40-52-34-44(4)38-59(65(52)70-72)48-25-15-8-16-26-48/h17-18,27-38,45-48H,5-16,19-26,39-40H2,1-4H3. The largest absolute Gasteiger partial charge is 0.435 e. The van der Waals surface area contributed by atoms with Crippen LogP contribution >= 0.6 is 16.8 Å². The minimum absolute atomic E-state index is 0.468. The van der Waals surface area contributed by atoms with Crippen LogP contribution in [0.15, 0.2) is 84.9 Å². The van der Waals surface area contributed by atoms with Crippen LogP contribution in [0.25, 0.3) is 22.3 Å². The van der Waals surface area contributed by atoms with Gasteiger partial charge in [0.2, 0.25) is 0 Å². The third-order valence-corrected chi connectivity index (χ3v) is 21.2. The van der Waals surface area contributed by atoms with Gasteiger partial charge in [0, 0.05) is 18.4 Å². The van der Waals surface area contributed by atoms with Crippen LogP contribution in [0.1, 0.15) is 219 Å². The van der Waals surface area contributed by atoms with Crippen LogP contribution in [0.5, 0.6) is 23.0 Å². The maximum atomic E-state index is 8.01. The summed E-state index contributed by atoms with van der Waals surface area (Å²) in [5.41, 5.74) is 21.1. The Hall–Kier alpha value is -4.62. The molecule has 0 N–H and O–H groups in total. The Bertz CT molecular complexity index is 2890. The number of benzene rings is 6. The lowest BCUT2D eigenvalue weighted by atomic mass is 9.80. The quantitative estimate of drug-likeness (QED) is 0.156. The van der Waals surface area contributed by atoms with Gasteiger partial charge in [0.1, 0.15) is 23.0 Å². The van der Waals surface area contributed by atoms with E-state index >= 15 is 0 Å². The zero-order valence-corrected chi connectivity index (χ0v) is 45.3. The first-order chi connectivity index (χ1) is 35.3. The molecular weight excluding hydrogens is 919 g/mol. The van der Waals surface area contributed by atoms with Gasteiger partial charge >= 0.3 is 16.8 Å². The molecule has 0 unspecified atom stereocenters. The lowest BCUT2D eigenvalue weighted by molar-refractivity contribution is 0.417. The van der Waals surface area contributed by atoms with Crippen LogP contribution in [0.4, 0.5) is 0 Å². The highest BCUT2D eigenvalue weighted by Gasteiger charge is 2.43. The molecule has 0 saturated heterocycles. The van der Waals surface area contributed by atoms with Gasteiger partial charge in [-0.15, -0.1) is 0 Å². The van der Waals surface area contributed by atoms with Crippen molar-refractivity contribution in [1.29, 1.82) is 0 Å². The number of fused-ring (bicyclic) bond motifs is 8. The van der Waals surface area contributed by atoms with Crippen molar-refractivity contribution in [2.45, 2.75) is 193 Å². The van der Waals surface area contributed by atoms with E-state index in [1.54, 1.807) is 0 Å². The Morgan fingerprint density at radius 1 is 0.347 bits per heavy atom. The van der Waals surface area contributed by atoms with Crippen LogP contribution in [0, 0.1) is 27.7 Å². The number of hydrogen-bond donors (Lipinski definition) is 0. The summed E-state index contributed by atoms with van der Waals surface area (Å²) in [6.45, 7) is 9.21. The summed E-state index contributed by atoms with van der Waals surface area (Å²) in [6.07, 6.45) is 26.7. The van der Waals surface area contributed by atoms with E-state index in [2.05, 4.69) is 113 Å². The normalized spacial score (nSPS) is 19.9.